The SMILES string of the molecule is CCN1C(=O)/C(=C\c2cn(CC)nc2C)SC1=S. The Morgan fingerprint density at radius 2 is 2.17 bits per heavy atom. The lowest BCUT2D eigenvalue weighted by Crippen LogP contribution is -2.27. The number of rotatable bonds is 3. The fourth-order valence-electron chi connectivity index (χ4n) is 1.75. The molecule has 18 heavy (non-hydrogen) atoms. The van der Waals surface area contributed by atoms with Crippen molar-refractivity contribution in [2.45, 2.75) is 27.3 Å². The van der Waals surface area contributed by atoms with Crippen molar-refractivity contribution >= 4 is 40.3 Å². The van der Waals surface area contributed by atoms with Gasteiger partial charge in [0, 0.05) is 24.8 Å². The Labute approximate surface area is 116 Å². The number of nitrogens with zero attached hydrogens (tertiary/aromatic N) is 3. The van der Waals surface area contributed by atoms with E-state index in [4.69, 9.17) is 12.2 Å². The second kappa shape index (κ2) is 5.24. The van der Waals surface area contributed by atoms with Gasteiger partial charge in [0.1, 0.15) is 4.32 Å². The maximum Gasteiger partial charge on any atom is 0.266 e. The highest BCUT2D eigenvalue weighted by atomic mass is 32.2. The van der Waals surface area contributed by atoms with Gasteiger partial charge in [0.05, 0.1) is 10.6 Å². The smallest absolute Gasteiger partial charge is 0.266 e. The van der Waals surface area contributed by atoms with Gasteiger partial charge in [0.15, 0.2) is 0 Å². The first-order valence-corrected chi connectivity index (χ1v) is 7.08. The number of carbonyl (C=O) groups excluding carboxylic acids is 1. The average molecular weight is 281 g/mol. The Morgan fingerprint density at radius 3 is 2.67 bits per heavy atom. The van der Waals surface area contributed by atoms with Crippen LogP contribution in [0.5, 0.6) is 0 Å². The van der Waals surface area contributed by atoms with E-state index in [1.54, 1.807) is 4.90 Å². The molecular formula is C12H15N3OS2. The zero-order valence-electron chi connectivity index (χ0n) is 10.6. The van der Waals surface area contributed by atoms with Crippen LogP contribution in [0.3, 0.4) is 0 Å². The third kappa shape index (κ3) is 2.35. The van der Waals surface area contributed by atoms with E-state index in [0.717, 1.165) is 17.8 Å². The normalized spacial score (nSPS) is 18.2. The van der Waals surface area contributed by atoms with E-state index < -0.39 is 0 Å². The van der Waals surface area contributed by atoms with Crippen molar-refractivity contribution < 1.29 is 4.79 Å². The molecule has 1 fully saturated rings. The van der Waals surface area contributed by atoms with Gasteiger partial charge in [0.2, 0.25) is 0 Å². The molecule has 0 radical (unpaired) electrons. The molecule has 1 amide bonds. The monoisotopic (exact) mass is 281 g/mol. The summed E-state index contributed by atoms with van der Waals surface area (Å²) in [4.78, 5) is 14.4. The van der Waals surface area contributed by atoms with Crippen LogP contribution < -0.4 is 0 Å². The van der Waals surface area contributed by atoms with Crippen molar-refractivity contribution in [3.05, 3.63) is 22.4 Å². The van der Waals surface area contributed by atoms with Crippen LogP contribution in [0, 0.1) is 6.92 Å². The van der Waals surface area contributed by atoms with E-state index in [-0.39, 0.29) is 5.91 Å². The number of hydrogen-bond acceptors (Lipinski definition) is 4. The number of thioether (sulfide) groups is 1. The summed E-state index contributed by atoms with van der Waals surface area (Å²) < 4.78 is 2.50. The number of likely N-dealkylation sites (N-methyl/N-ethyl adjacent to an activating group) is 1. The summed E-state index contributed by atoms with van der Waals surface area (Å²) in [5.74, 6) is -0.00357. The number of hydrogen-bond donors (Lipinski definition) is 0. The van der Waals surface area contributed by atoms with Crippen molar-refractivity contribution in [1.29, 1.82) is 0 Å². The van der Waals surface area contributed by atoms with Gasteiger partial charge in [-0.2, -0.15) is 5.10 Å². The lowest BCUT2D eigenvalue weighted by Gasteiger charge is -2.09. The Bertz CT molecular complexity index is 533. The Balaban J connectivity index is 2.31. The standard InChI is InChI=1S/C12H15N3OS2/c1-4-14-7-9(8(3)13-14)6-10-11(16)15(5-2)12(17)18-10/h6-7H,4-5H2,1-3H3/b10-6+. The minimum absolute atomic E-state index is 0.00357. The zero-order chi connectivity index (χ0) is 13.3. The molecule has 0 aromatic carbocycles. The van der Waals surface area contributed by atoms with Crippen LogP contribution >= 0.6 is 24.0 Å². The van der Waals surface area contributed by atoms with Gasteiger partial charge < -0.3 is 0 Å². The van der Waals surface area contributed by atoms with E-state index in [1.807, 2.05) is 37.7 Å². The van der Waals surface area contributed by atoms with Crippen molar-refractivity contribution in [3.8, 4) is 0 Å². The predicted molar refractivity (Wildman–Crippen MR) is 78.2 cm³/mol. The van der Waals surface area contributed by atoms with E-state index >= 15 is 0 Å². The summed E-state index contributed by atoms with van der Waals surface area (Å²) >= 11 is 6.54. The van der Waals surface area contributed by atoms with E-state index in [0.29, 0.717) is 15.8 Å². The van der Waals surface area contributed by atoms with Crippen molar-refractivity contribution in [1.82, 2.24) is 14.7 Å². The number of amides is 1. The summed E-state index contributed by atoms with van der Waals surface area (Å²) in [6, 6.07) is 0. The molecule has 1 aromatic heterocycles. The van der Waals surface area contributed by atoms with Crippen molar-refractivity contribution in [2.24, 2.45) is 0 Å². The number of carbonyl (C=O) groups is 1. The molecule has 0 aliphatic carbocycles. The molecule has 0 bridgehead atoms. The molecule has 0 spiro atoms. The molecule has 2 heterocycles. The van der Waals surface area contributed by atoms with Gasteiger partial charge >= 0.3 is 0 Å². The number of aryl methyl sites for hydroxylation is 2. The van der Waals surface area contributed by atoms with Crippen LogP contribution in [0.15, 0.2) is 11.1 Å². The highest BCUT2D eigenvalue weighted by Gasteiger charge is 2.30. The minimum atomic E-state index is -0.00357. The molecule has 1 aliphatic rings. The molecule has 1 saturated heterocycles. The molecule has 0 N–H and O–H groups in total. The van der Waals surface area contributed by atoms with Gasteiger partial charge in [-0.3, -0.25) is 14.4 Å². The van der Waals surface area contributed by atoms with Gasteiger partial charge in [-0.05, 0) is 26.8 Å². The van der Waals surface area contributed by atoms with Crippen molar-refractivity contribution in [3.63, 3.8) is 0 Å². The molecule has 1 aliphatic heterocycles. The van der Waals surface area contributed by atoms with Crippen LogP contribution in [0.1, 0.15) is 25.1 Å². The van der Waals surface area contributed by atoms with Gasteiger partial charge in [-0.25, -0.2) is 0 Å². The second-order valence-electron chi connectivity index (χ2n) is 3.95. The first-order valence-electron chi connectivity index (χ1n) is 5.86. The predicted octanol–water partition coefficient (Wildman–Crippen LogP) is 2.43. The molecule has 1 aromatic rings. The summed E-state index contributed by atoms with van der Waals surface area (Å²) in [7, 11) is 0. The zero-order valence-corrected chi connectivity index (χ0v) is 12.3. The average Bonchev–Trinajstić information content (AvgIpc) is 2.82. The Hall–Kier alpha value is -1.14. The summed E-state index contributed by atoms with van der Waals surface area (Å²) in [6.07, 6.45) is 3.83. The topological polar surface area (TPSA) is 38.1 Å². The summed E-state index contributed by atoms with van der Waals surface area (Å²) in [5, 5.41) is 4.36. The number of aromatic nitrogens is 2. The fourth-order valence-corrected chi connectivity index (χ4v) is 3.13. The minimum Gasteiger partial charge on any atom is -0.293 e. The molecule has 0 atom stereocenters. The Morgan fingerprint density at radius 1 is 1.44 bits per heavy atom. The molecule has 96 valence electrons. The molecule has 4 nitrogen and oxygen atoms in total. The quantitative estimate of drug-likeness (QED) is 0.630. The summed E-state index contributed by atoms with van der Waals surface area (Å²) in [6.45, 7) is 7.35. The lowest BCUT2D eigenvalue weighted by atomic mass is 10.2. The lowest BCUT2D eigenvalue weighted by molar-refractivity contribution is -0.121. The van der Waals surface area contributed by atoms with Crippen LogP contribution in [-0.2, 0) is 11.3 Å². The summed E-state index contributed by atoms with van der Waals surface area (Å²) in [5.41, 5.74) is 1.91. The molecule has 0 unspecified atom stereocenters. The Kier molecular flexibility index (Phi) is 3.87. The largest absolute Gasteiger partial charge is 0.293 e. The molecule has 2 rings (SSSR count). The third-order valence-corrected chi connectivity index (χ3v) is 4.16. The van der Waals surface area contributed by atoms with Crippen LogP contribution in [0.25, 0.3) is 6.08 Å². The van der Waals surface area contributed by atoms with Crippen LogP contribution in [0.4, 0.5) is 0 Å². The highest BCUT2D eigenvalue weighted by Crippen LogP contribution is 2.32. The maximum absolute atomic E-state index is 12.1. The van der Waals surface area contributed by atoms with Crippen molar-refractivity contribution in [2.75, 3.05) is 6.54 Å². The second-order valence-corrected chi connectivity index (χ2v) is 5.63. The van der Waals surface area contributed by atoms with Crippen LogP contribution in [0.2, 0.25) is 0 Å². The molecule has 0 saturated carbocycles. The first kappa shape index (κ1) is 13.3. The van der Waals surface area contributed by atoms with Crippen LogP contribution in [-0.4, -0.2) is 31.5 Å². The van der Waals surface area contributed by atoms with E-state index in [9.17, 15) is 4.79 Å². The van der Waals surface area contributed by atoms with Gasteiger partial charge in [0.25, 0.3) is 5.91 Å². The molecular weight excluding hydrogens is 266 g/mol. The third-order valence-electron chi connectivity index (χ3n) is 2.78. The first-order chi connectivity index (χ1) is 8.56. The van der Waals surface area contributed by atoms with E-state index in [1.165, 1.54) is 11.8 Å². The van der Waals surface area contributed by atoms with E-state index in [2.05, 4.69) is 5.10 Å². The maximum atomic E-state index is 12.1. The van der Waals surface area contributed by atoms with Gasteiger partial charge in [-0.1, -0.05) is 24.0 Å². The molecule has 6 heteroatoms. The number of thiocarbonyl (C=S) groups is 1. The fraction of sp³-hybridized carbons (Fsp3) is 0.417. The highest BCUT2D eigenvalue weighted by molar-refractivity contribution is 8.26. The van der Waals surface area contributed by atoms with Gasteiger partial charge in [-0.15, -0.1) is 0 Å².